The van der Waals surface area contributed by atoms with Crippen molar-refractivity contribution in [3.05, 3.63) is 0 Å². The minimum atomic E-state index is -5.08. The summed E-state index contributed by atoms with van der Waals surface area (Å²) in [6, 6.07) is -0.306. The van der Waals surface area contributed by atoms with Gasteiger partial charge in [0.15, 0.2) is 0 Å². The summed E-state index contributed by atoms with van der Waals surface area (Å²) in [6.07, 6.45) is -5.14. The number of likely N-dealkylation sites (N-methyl/N-ethyl adjacent to an activating group) is 1. The van der Waals surface area contributed by atoms with Crippen molar-refractivity contribution in [3.63, 3.8) is 0 Å². The number of aliphatic carboxylic acids is 2. The highest BCUT2D eigenvalue weighted by Crippen LogP contribution is 2.13. The SMILES string of the molecule is C[N+](C)(C)C[C@H](N)CC(=O)[O-].O=C(O)C(F)(F)F. The Hall–Kier alpha value is -1.35. The van der Waals surface area contributed by atoms with Crippen LogP contribution >= 0.6 is 0 Å². The predicted octanol–water partition coefficient (Wildman–Crippen LogP) is -1.21. The van der Waals surface area contributed by atoms with E-state index in [1.807, 2.05) is 21.1 Å². The van der Waals surface area contributed by atoms with Gasteiger partial charge in [0.25, 0.3) is 0 Å². The summed E-state index contributed by atoms with van der Waals surface area (Å²) in [6.45, 7) is 0.647. The van der Waals surface area contributed by atoms with Gasteiger partial charge in [-0.05, 0) is 0 Å². The molecule has 0 rings (SSSR count). The first kappa shape index (κ1) is 19.0. The van der Waals surface area contributed by atoms with E-state index < -0.39 is 18.1 Å². The van der Waals surface area contributed by atoms with Gasteiger partial charge in [0.2, 0.25) is 0 Å². The fourth-order valence-electron chi connectivity index (χ4n) is 0.982. The standard InChI is InChI=1S/C7H16N2O2.C2HF3O2/c1-9(2,3)5-6(8)4-7(10)11;3-2(4,5)1(6)7/h6H,4-5,8H2,1-3H3;(H,6,7)/t6-;/m1./s1. The molecule has 0 unspecified atom stereocenters. The third-order valence-corrected chi connectivity index (χ3v) is 1.45. The summed E-state index contributed by atoms with van der Waals surface area (Å²) >= 11 is 0. The van der Waals surface area contributed by atoms with Crippen molar-refractivity contribution < 1.29 is 37.5 Å². The maximum atomic E-state index is 10.6. The number of carboxylic acid groups (broad SMARTS) is 2. The monoisotopic (exact) mass is 274 g/mol. The zero-order valence-electron chi connectivity index (χ0n) is 10.3. The minimum absolute atomic E-state index is 0.0600. The lowest BCUT2D eigenvalue weighted by atomic mass is 10.2. The van der Waals surface area contributed by atoms with E-state index in [-0.39, 0.29) is 12.5 Å². The van der Waals surface area contributed by atoms with E-state index in [2.05, 4.69) is 0 Å². The Balaban J connectivity index is 0. The molecule has 6 nitrogen and oxygen atoms in total. The second-order valence-electron chi connectivity index (χ2n) is 4.61. The van der Waals surface area contributed by atoms with E-state index in [4.69, 9.17) is 15.6 Å². The number of carbonyl (C=O) groups excluding carboxylic acids is 1. The quantitative estimate of drug-likeness (QED) is 0.626. The molecule has 0 aromatic rings. The molecule has 0 saturated heterocycles. The zero-order valence-corrected chi connectivity index (χ0v) is 10.3. The number of carbonyl (C=O) groups is 2. The van der Waals surface area contributed by atoms with Crippen molar-refractivity contribution in [1.82, 2.24) is 0 Å². The molecule has 18 heavy (non-hydrogen) atoms. The van der Waals surface area contributed by atoms with E-state index in [1.165, 1.54) is 0 Å². The molecule has 3 N–H and O–H groups in total. The lowest BCUT2D eigenvalue weighted by Gasteiger charge is -2.27. The molecule has 108 valence electrons. The number of nitrogens with zero attached hydrogens (tertiary/aromatic N) is 1. The molecule has 0 spiro atoms. The zero-order chi connectivity index (χ0) is 15.1. The van der Waals surface area contributed by atoms with Crippen LogP contribution in [0.25, 0.3) is 0 Å². The number of alkyl halides is 3. The van der Waals surface area contributed by atoms with Gasteiger partial charge in [-0.3, -0.25) is 0 Å². The molecule has 0 amide bonds. The molecule has 0 aliphatic heterocycles. The van der Waals surface area contributed by atoms with Gasteiger partial charge in [-0.25, -0.2) is 4.79 Å². The Morgan fingerprint density at radius 3 is 1.83 bits per heavy atom. The molecule has 0 bridgehead atoms. The van der Waals surface area contributed by atoms with Gasteiger partial charge in [-0.15, -0.1) is 0 Å². The Bertz CT molecular complexity index is 287. The second kappa shape index (κ2) is 7.17. The van der Waals surface area contributed by atoms with Crippen LogP contribution in [0.3, 0.4) is 0 Å². The summed E-state index contributed by atoms with van der Waals surface area (Å²) in [5, 5.41) is 17.2. The number of halogens is 3. The van der Waals surface area contributed by atoms with Crippen LogP contribution in [0.5, 0.6) is 0 Å². The van der Waals surface area contributed by atoms with Crippen molar-refractivity contribution in [3.8, 4) is 0 Å². The van der Waals surface area contributed by atoms with Crippen LogP contribution in [-0.4, -0.2) is 61.4 Å². The largest absolute Gasteiger partial charge is 0.550 e. The van der Waals surface area contributed by atoms with Crippen molar-refractivity contribution >= 4 is 11.9 Å². The highest BCUT2D eigenvalue weighted by atomic mass is 19.4. The van der Waals surface area contributed by atoms with E-state index in [1.54, 1.807) is 0 Å². The van der Waals surface area contributed by atoms with Crippen LogP contribution in [0.4, 0.5) is 13.2 Å². The van der Waals surface area contributed by atoms with Crippen LogP contribution in [0, 0.1) is 0 Å². The molecule has 1 atom stereocenters. The maximum absolute atomic E-state index is 10.6. The van der Waals surface area contributed by atoms with Gasteiger partial charge >= 0.3 is 12.1 Å². The Kier molecular flexibility index (Phi) is 7.56. The predicted molar refractivity (Wildman–Crippen MR) is 54.2 cm³/mol. The van der Waals surface area contributed by atoms with E-state index in [9.17, 15) is 23.1 Å². The minimum Gasteiger partial charge on any atom is -0.550 e. The van der Waals surface area contributed by atoms with Gasteiger partial charge < -0.3 is 25.2 Å². The summed E-state index contributed by atoms with van der Waals surface area (Å²) in [5.74, 6) is -3.83. The average Bonchev–Trinajstić information content (AvgIpc) is 1.96. The fraction of sp³-hybridized carbons (Fsp3) is 0.778. The van der Waals surface area contributed by atoms with E-state index in [0.29, 0.717) is 11.0 Å². The van der Waals surface area contributed by atoms with Crippen molar-refractivity contribution in [2.45, 2.75) is 18.6 Å². The molecule has 0 aromatic heterocycles. The van der Waals surface area contributed by atoms with Gasteiger partial charge in [0.1, 0.15) is 0 Å². The van der Waals surface area contributed by atoms with E-state index in [0.717, 1.165) is 0 Å². The number of carboxylic acids is 2. The second-order valence-corrected chi connectivity index (χ2v) is 4.61. The number of rotatable bonds is 4. The maximum Gasteiger partial charge on any atom is 0.490 e. The molecule has 9 heteroatoms. The summed E-state index contributed by atoms with van der Waals surface area (Å²) in [7, 11) is 5.90. The van der Waals surface area contributed by atoms with Crippen molar-refractivity contribution in [2.24, 2.45) is 5.73 Å². The number of quaternary nitrogens is 1. The summed E-state index contributed by atoms with van der Waals surface area (Å²) in [4.78, 5) is 19.0. The normalized spacial score (nSPS) is 13.3. The Morgan fingerprint density at radius 2 is 1.67 bits per heavy atom. The molecule has 0 radical (unpaired) electrons. The molecule has 0 fully saturated rings. The summed E-state index contributed by atoms with van der Waals surface area (Å²) in [5.41, 5.74) is 5.52. The van der Waals surface area contributed by atoms with Gasteiger partial charge in [0.05, 0.1) is 33.7 Å². The van der Waals surface area contributed by atoms with Crippen LogP contribution in [0.2, 0.25) is 0 Å². The van der Waals surface area contributed by atoms with Crippen LogP contribution < -0.4 is 10.8 Å². The highest BCUT2D eigenvalue weighted by molar-refractivity contribution is 5.73. The Labute approximate surface area is 102 Å². The van der Waals surface area contributed by atoms with Crippen molar-refractivity contribution in [1.29, 1.82) is 0 Å². The van der Waals surface area contributed by atoms with Crippen LogP contribution in [-0.2, 0) is 9.59 Å². The molecule has 0 aliphatic carbocycles. The topological polar surface area (TPSA) is 103 Å². The third kappa shape index (κ3) is 14.6. The first-order valence-corrected chi connectivity index (χ1v) is 4.81. The first-order valence-electron chi connectivity index (χ1n) is 4.81. The molecule has 0 aromatic carbocycles. The lowest BCUT2D eigenvalue weighted by molar-refractivity contribution is -0.871. The average molecular weight is 274 g/mol. The van der Waals surface area contributed by atoms with Gasteiger partial charge in [-0.1, -0.05) is 0 Å². The Morgan fingerprint density at radius 1 is 1.33 bits per heavy atom. The molecular weight excluding hydrogens is 257 g/mol. The molecule has 0 saturated carbocycles. The molecule has 0 aliphatic rings. The van der Waals surface area contributed by atoms with Crippen molar-refractivity contribution in [2.75, 3.05) is 27.7 Å². The first-order chi connectivity index (χ1) is 7.75. The summed E-state index contributed by atoms with van der Waals surface area (Å²) < 4.78 is 32.4. The van der Waals surface area contributed by atoms with E-state index >= 15 is 0 Å². The smallest absolute Gasteiger partial charge is 0.490 e. The van der Waals surface area contributed by atoms with Crippen LogP contribution in [0.1, 0.15) is 6.42 Å². The molecule has 0 heterocycles. The van der Waals surface area contributed by atoms with Gasteiger partial charge in [-0.2, -0.15) is 13.2 Å². The number of hydrogen-bond acceptors (Lipinski definition) is 4. The molecular formula is C9H17F3N2O4. The number of hydrogen-bond donors (Lipinski definition) is 2. The fourth-order valence-corrected chi connectivity index (χ4v) is 0.982. The highest BCUT2D eigenvalue weighted by Gasteiger charge is 2.38. The van der Waals surface area contributed by atoms with Crippen LogP contribution in [0.15, 0.2) is 0 Å². The number of nitrogens with two attached hydrogens (primary N) is 1. The third-order valence-electron chi connectivity index (χ3n) is 1.45. The lowest BCUT2D eigenvalue weighted by Crippen LogP contribution is -2.47. The van der Waals surface area contributed by atoms with Gasteiger partial charge in [0, 0.05) is 12.4 Å².